The molecule has 0 radical (unpaired) electrons. The molecule has 2 N–H and O–H groups in total. The number of likely N-dealkylation sites (N-methyl/N-ethyl adjacent to an activating group) is 1. The lowest BCUT2D eigenvalue weighted by molar-refractivity contribution is -0.133. The third-order valence-corrected chi connectivity index (χ3v) is 4.35. The zero-order valence-electron chi connectivity index (χ0n) is 13.0. The van der Waals surface area contributed by atoms with Crippen LogP contribution in [0, 0.1) is 5.92 Å². The zero-order valence-corrected chi connectivity index (χ0v) is 13.0. The lowest BCUT2D eigenvalue weighted by Gasteiger charge is -2.32. The summed E-state index contributed by atoms with van der Waals surface area (Å²) in [4.78, 5) is 16.7. The quantitative estimate of drug-likeness (QED) is 0.867. The van der Waals surface area contributed by atoms with Gasteiger partial charge in [-0.1, -0.05) is 30.3 Å². The van der Waals surface area contributed by atoms with Crippen LogP contribution in [0.5, 0.6) is 0 Å². The Morgan fingerprint density at radius 3 is 2.52 bits per heavy atom. The first kappa shape index (κ1) is 16.0. The first-order valence-electron chi connectivity index (χ1n) is 7.97. The van der Waals surface area contributed by atoms with Crippen molar-refractivity contribution >= 4 is 5.91 Å². The summed E-state index contributed by atoms with van der Waals surface area (Å²) in [5, 5.41) is 0. The Hall–Kier alpha value is -1.39. The number of nitrogens with zero attached hydrogens (tertiary/aromatic N) is 2. The highest BCUT2D eigenvalue weighted by molar-refractivity contribution is 5.78. The first-order valence-corrected chi connectivity index (χ1v) is 7.97. The molecule has 0 spiro atoms. The second kappa shape index (κ2) is 8.15. The maximum absolute atomic E-state index is 12.5. The van der Waals surface area contributed by atoms with Crippen molar-refractivity contribution in [3.8, 4) is 0 Å². The van der Waals surface area contributed by atoms with E-state index in [-0.39, 0.29) is 5.91 Å². The van der Waals surface area contributed by atoms with Gasteiger partial charge in [-0.25, -0.2) is 0 Å². The minimum absolute atomic E-state index is 0.229. The summed E-state index contributed by atoms with van der Waals surface area (Å²) in [6.07, 6.45) is 2.24. The minimum Gasteiger partial charge on any atom is -0.338 e. The number of carbonyl (C=O) groups is 1. The summed E-state index contributed by atoms with van der Waals surface area (Å²) < 4.78 is 0. The van der Waals surface area contributed by atoms with Crippen LogP contribution in [0.15, 0.2) is 30.3 Å². The summed E-state index contributed by atoms with van der Waals surface area (Å²) in [5.74, 6) is 0.871. The molecule has 0 saturated carbocycles. The van der Waals surface area contributed by atoms with E-state index >= 15 is 0 Å². The Morgan fingerprint density at radius 2 is 1.95 bits per heavy atom. The number of benzene rings is 1. The number of piperidine rings is 1. The van der Waals surface area contributed by atoms with Crippen LogP contribution in [0.4, 0.5) is 0 Å². The summed E-state index contributed by atoms with van der Waals surface area (Å²) in [6, 6.07) is 10.2. The van der Waals surface area contributed by atoms with E-state index < -0.39 is 0 Å². The van der Waals surface area contributed by atoms with Gasteiger partial charge in [0.05, 0.1) is 6.54 Å². The highest BCUT2D eigenvalue weighted by Gasteiger charge is 2.21. The van der Waals surface area contributed by atoms with Gasteiger partial charge in [0.1, 0.15) is 0 Å². The van der Waals surface area contributed by atoms with E-state index in [1.165, 1.54) is 5.56 Å². The standard InChI is InChI=1S/C17H27N3O/c1-2-20(13-16-6-4-3-5-7-16)17(21)14-19-10-8-15(12-18)9-11-19/h3-7,15H,2,8-14,18H2,1H3. The second-order valence-corrected chi connectivity index (χ2v) is 5.85. The van der Waals surface area contributed by atoms with Crippen LogP contribution in [0.1, 0.15) is 25.3 Å². The van der Waals surface area contributed by atoms with Gasteiger partial charge in [-0.2, -0.15) is 0 Å². The van der Waals surface area contributed by atoms with E-state index in [1.807, 2.05) is 30.0 Å². The lowest BCUT2D eigenvalue weighted by atomic mass is 9.97. The molecule has 4 heteroatoms. The molecule has 1 aliphatic rings. The Bertz CT molecular complexity index is 427. The maximum atomic E-state index is 12.5. The molecule has 0 atom stereocenters. The van der Waals surface area contributed by atoms with E-state index in [0.717, 1.165) is 39.0 Å². The largest absolute Gasteiger partial charge is 0.338 e. The van der Waals surface area contributed by atoms with E-state index in [1.54, 1.807) is 0 Å². The van der Waals surface area contributed by atoms with Crippen molar-refractivity contribution in [2.45, 2.75) is 26.3 Å². The summed E-state index contributed by atoms with van der Waals surface area (Å²) in [6.45, 7) is 6.81. The third kappa shape index (κ3) is 4.83. The molecule has 1 aromatic carbocycles. The molecule has 0 aromatic heterocycles. The first-order chi connectivity index (χ1) is 10.2. The van der Waals surface area contributed by atoms with Crippen LogP contribution in [0.3, 0.4) is 0 Å². The molecule has 4 nitrogen and oxygen atoms in total. The highest BCUT2D eigenvalue weighted by Crippen LogP contribution is 2.16. The van der Waals surface area contributed by atoms with Gasteiger partial charge in [0.15, 0.2) is 0 Å². The number of hydrogen-bond donors (Lipinski definition) is 1. The predicted octanol–water partition coefficient (Wildman–Crippen LogP) is 1.71. The molecule has 2 rings (SSSR count). The molecule has 1 fully saturated rings. The van der Waals surface area contributed by atoms with Gasteiger partial charge in [-0.05, 0) is 50.9 Å². The zero-order chi connectivity index (χ0) is 15.1. The van der Waals surface area contributed by atoms with Crippen molar-refractivity contribution in [2.24, 2.45) is 11.7 Å². The fraction of sp³-hybridized carbons (Fsp3) is 0.588. The molecule has 0 bridgehead atoms. The molecule has 116 valence electrons. The number of nitrogens with two attached hydrogens (primary N) is 1. The van der Waals surface area contributed by atoms with Crippen LogP contribution in [0.2, 0.25) is 0 Å². The van der Waals surface area contributed by atoms with Crippen LogP contribution in [0.25, 0.3) is 0 Å². The number of amides is 1. The van der Waals surface area contributed by atoms with Crippen molar-refractivity contribution in [3.63, 3.8) is 0 Å². The molecule has 1 aliphatic heterocycles. The molecule has 0 unspecified atom stereocenters. The number of carbonyl (C=O) groups excluding carboxylic acids is 1. The Kier molecular flexibility index (Phi) is 6.21. The van der Waals surface area contributed by atoms with E-state index in [0.29, 0.717) is 19.0 Å². The van der Waals surface area contributed by atoms with E-state index in [4.69, 9.17) is 5.73 Å². The molecular weight excluding hydrogens is 262 g/mol. The highest BCUT2D eigenvalue weighted by atomic mass is 16.2. The number of hydrogen-bond acceptors (Lipinski definition) is 3. The minimum atomic E-state index is 0.229. The van der Waals surface area contributed by atoms with Gasteiger partial charge >= 0.3 is 0 Å². The fourth-order valence-corrected chi connectivity index (χ4v) is 2.85. The Morgan fingerprint density at radius 1 is 1.29 bits per heavy atom. The van der Waals surface area contributed by atoms with Gasteiger partial charge in [-0.15, -0.1) is 0 Å². The molecule has 1 saturated heterocycles. The maximum Gasteiger partial charge on any atom is 0.237 e. The van der Waals surface area contributed by atoms with Gasteiger partial charge in [0, 0.05) is 13.1 Å². The average molecular weight is 289 g/mol. The van der Waals surface area contributed by atoms with E-state index in [9.17, 15) is 4.79 Å². The van der Waals surface area contributed by atoms with Crippen molar-refractivity contribution in [2.75, 3.05) is 32.7 Å². The van der Waals surface area contributed by atoms with Crippen molar-refractivity contribution in [1.82, 2.24) is 9.80 Å². The van der Waals surface area contributed by atoms with Crippen LogP contribution in [-0.4, -0.2) is 48.4 Å². The van der Waals surface area contributed by atoms with Crippen LogP contribution < -0.4 is 5.73 Å². The van der Waals surface area contributed by atoms with Crippen molar-refractivity contribution in [3.05, 3.63) is 35.9 Å². The smallest absolute Gasteiger partial charge is 0.237 e. The van der Waals surface area contributed by atoms with Crippen molar-refractivity contribution < 1.29 is 4.79 Å². The lowest BCUT2D eigenvalue weighted by Crippen LogP contribution is -2.43. The summed E-state index contributed by atoms with van der Waals surface area (Å²) >= 11 is 0. The van der Waals surface area contributed by atoms with Crippen LogP contribution in [-0.2, 0) is 11.3 Å². The number of likely N-dealkylation sites (tertiary alicyclic amines) is 1. The SMILES string of the molecule is CCN(Cc1ccccc1)C(=O)CN1CCC(CN)CC1. The topological polar surface area (TPSA) is 49.6 Å². The Balaban J connectivity index is 1.83. The predicted molar refractivity (Wildman–Crippen MR) is 85.8 cm³/mol. The molecule has 0 aliphatic carbocycles. The molecule has 1 aromatic rings. The Labute approximate surface area is 127 Å². The summed E-state index contributed by atoms with van der Waals surface area (Å²) in [5.41, 5.74) is 6.90. The van der Waals surface area contributed by atoms with Gasteiger partial charge in [-0.3, -0.25) is 9.69 Å². The van der Waals surface area contributed by atoms with E-state index in [2.05, 4.69) is 17.0 Å². The van der Waals surface area contributed by atoms with Gasteiger partial charge in [0.2, 0.25) is 5.91 Å². The second-order valence-electron chi connectivity index (χ2n) is 5.85. The third-order valence-electron chi connectivity index (χ3n) is 4.35. The average Bonchev–Trinajstić information content (AvgIpc) is 2.54. The molecule has 1 heterocycles. The molecule has 1 amide bonds. The number of rotatable bonds is 6. The van der Waals surface area contributed by atoms with Gasteiger partial charge < -0.3 is 10.6 Å². The monoisotopic (exact) mass is 289 g/mol. The fourth-order valence-electron chi connectivity index (χ4n) is 2.85. The van der Waals surface area contributed by atoms with Crippen molar-refractivity contribution in [1.29, 1.82) is 0 Å². The van der Waals surface area contributed by atoms with Crippen LogP contribution >= 0.6 is 0 Å². The normalized spacial score (nSPS) is 16.9. The molecule has 21 heavy (non-hydrogen) atoms. The summed E-state index contributed by atoms with van der Waals surface area (Å²) in [7, 11) is 0. The van der Waals surface area contributed by atoms with Gasteiger partial charge in [0.25, 0.3) is 0 Å². The molecular formula is C17H27N3O.